The normalized spacial score (nSPS) is 15.4. The lowest BCUT2D eigenvalue weighted by Crippen LogP contribution is -2.00. The number of hydrogen-bond donors (Lipinski definition) is 0. The first-order valence-electron chi connectivity index (χ1n) is 6.69. The zero-order valence-electron chi connectivity index (χ0n) is 11.9. The Bertz CT molecular complexity index is 778. The average Bonchev–Trinajstić information content (AvgIpc) is 3.09. The van der Waals surface area contributed by atoms with E-state index in [0.717, 1.165) is 28.5 Å². The van der Waals surface area contributed by atoms with Gasteiger partial charge in [0.2, 0.25) is 0 Å². The van der Waals surface area contributed by atoms with Crippen LogP contribution in [0.1, 0.15) is 10.8 Å². The molecule has 1 aromatic carbocycles. The maximum absolute atomic E-state index is 13.0. The molecule has 0 aliphatic carbocycles. The van der Waals surface area contributed by atoms with Crippen LogP contribution in [0.3, 0.4) is 0 Å². The van der Waals surface area contributed by atoms with Crippen LogP contribution < -0.4 is 0 Å². The summed E-state index contributed by atoms with van der Waals surface area (Å²) in [4.78, 5) is 8.55. The lowest BCUT2D eigenvalue weighted by molar-refractivity contribution is 0.625. The van der Waals surface area contributed by atoms with E-state index in [1.165, 1.54) is 12.1 Å². The fourth-order valence-corrected chi connectivity index (χ4v) is 3.75. The van der Waals surface area contributed by atoms with Crippen LogP contribution in [0.15, 0.2) is 60.1 Å². The van der Waals surface area contributed by atoms with Crippen molar-refractivity contribution in [3.63, 3.8) is 0 Å². The van der Waals surface area contributed by atoms with Gasteiger partial charge in [0.15, 0.2) is 5.16 Å². The Morgan fingerprint density at radius 2 is 1.74 bits per heavy atom. The van der Waals surface area contributed by atoms with Crippen molar-refractivity contribution in [3.05, 3.63) is 66.4 Å². The molecule has 4 rings (SSSR count). The van der Waals surface area contributed by atoms with Crippen molar-refractivity contribution in [1.82, 2.24) is 14.5 Å². The zero-order valence-corrected chi connectivity index (χ0v) is 14.4. The lowest BCUT2D eigenvalue weighted by Gasteiger charge is -2.09. The van der Waals surface area contributed by atoms with Gasteiger partial charge in [0, 0.05) is 24.5 Å². The number of thioether (sulfide) groups is 1. The molecule has 1 unspecified atom stereocenters. The Hall–Kier alpha value is -1.56. The molecule has 0 radical (unpaired) electrons. The number of imidazole rings is 1. The van der Waals surface area contributed by atoms with E-state index in [1.54, 1.807) is 24.2 Å². The van der Waals surface area contributed by atoms with E-state index in [1.807, 2.05) is 30.5 Å². The first-order valence-corrected chi connectivity index (χ1v) is 7.57. The highest BCUT2D eigenvalue weighted by Crippen LogP contribution is 2.44. The van der Waals surface area contributed by atoms with E-state index in [4.69, 9.17) is 0 Å². The maximum atomic E-state index is 13.0. The summed E-state index contributed by atoms with van der Waals surface area (Å²) in [5.74, 6) is -0.197. The highest BCUT2D eigenvalue weighted by atomic mass is 35.5. The van der Waals surface area contributed by atoms with Crippen LogP contribution in [0.25, 0.3) is 11.3 Å². The number of pyridine rings is 1. The van der Waals surface area contributed by atoms with E-state index in [-0.39, 0.29) is 35.9 Å². The fraction of sp³-hybridized carbons (Fsp3) is 0.125. The van der Waals surface area contributed by atoms with Crippen LogP contribution in [0.4, 0.5) is 4.39 Å². The molecule has 1 aliphatic heterocycles. The summed E-state index contributed by atoms with van der Waals surface area (Å²) in [5, 5.41) is 1.30. The molecule has 0 saturated heterocycles. The topological polar surface area (TPSA) is 30.7 Å². The Balaban J connectivity index is 0.000000960. The van der Waals surface area contributed by atoms with Crippen molar-refractivity contribution in [1.29, 1.82) is 0 Å². The van der Waals surface area contributed by atoms with Crippen LogP contribution in [0, 0.1) is 5.82 Å². The van der Waals surface area contributed by atoms with Gasteiger partial charge in [-0.05, 0) is 29.8 Å². The number of halogens is 3. The molecule has 120 valence electrons. The quantitative estimate of drug-likeness (QED) is 0.651. The highest BCUT2D eigenvalue weighted by molar-refractivity contribution is 7.99. The lowest BCUT2D eigenvalue weighted by atomic mass is 10.1. The first-order chi connectivity index (χ1) is 10.3. The van der Waals surface area contributed by atoms with Gasteiger partial charge in [-0.1, -0.05) is 23.9 Å². The molecule has 0 amide bonds. The van der Waals surface area contributed by atoms with Crippen LogP contribution in [-0.2, 0) is 6.54 Å². The third kappa shape index (κ3) is 3.37. The summed E-state index contributed by atoms with van der Waals surface area (Å²) in [6.07, 6.45) is 5.47. The molecular formula is C16H14Cl2FN3S. The summed E-state index contributed by atoms with van der Waals surface area (Å²) in [6, 6.07) is 10.7. The zero-order chi connectivity index (χ0) is 14.2. The molecule has 3 heterocycles. The maximum Gasteiger partial charge on any atom is 0.169 e. The van der Waals surface area contributed by atoms with Crippen LogP contribution in [0.5, 0.6) is 0 Å². The number of fused-ring (bicyclic) bond motifs is 1. The molecular weight excluding hydrogens is 356 g/mol. The number of aromatic nitrogens is 3. The first kappa shape index (κ1) is 17.8. The van der Waals surface area contributed by atoms with Gasteiger partial charge in [0.1, 0.15) is 5.82 Å². The summed E-state index contributed by atoms with van der Waals surface area (Å²) in [6.45, 7) is 0.850. The van der Waals surface area contributed by atoms with E-state index < -0.39 is 0 Å². The molecule has 0 bridgehead atoms. The SMILES string of the molecule is Cl.Cl.Fc1ccc(C2Cn3c(-c4ccncc4)cnc3S2)cc1. The summed E-state index contributed by atoms with van der Waals surface area (Å²) >= 11 is 1.72. The Labute approximate surface area is 150 Å². The van der Waals surface area contributed by atoms with Crippen LogP contribution in [-0.4, -0.2) is 14.5 Å². The van der Waals surface area contributed by atoms with E-state index in [2.05, 4.69) is 14.5 Å². The minimum Gasteiger partial charge on any atom is -0.317 e. The standard InChI is InChI=1S/C16H12FN3S.2ClH/c17-13-3-1-12(2-4-13)15-10-20-14(9-19-16(20)21-15)11-5-7-18-8-6-11;;/h1-9,15H,10H2;2*1H. The van der Waals surface area contributed by atoms with Gasteiger partial charge in [-0.25, -0.2) is 9.37 Å². The van der Waals surface area contributed by atoms with Gasteiger partial charge in [-0.3, -0.25) is 4.98 Å². The van der Waals surface area contributed by atoms with E-state index >= 15 is 0 Å². The molecule has 2 aromatic heterocycles. The van der Waals surface area contributed by atoms with Gasteiger partial charge >= 0.3 is 0 Å². The summed E-state index contributed by atoms with van der Waals surface area (Å²) < 4.78 is 15.2. The Morgan fingerprint density at radius 3 is 2.43 bits per heavy atom. The van der Waals surface area contributed by atoms with Crippen molar-refractivity contribution < 1.29 is 4.39 Å². The molecule has 7 heteroatoms. The van der Waals surface area contributed by atoms with Crippen LogP contribution >= 0.6 is 36.6 Å². The van der Waals surface area contributed by atoms with E-state index in [9.17, 15) is 4.39 Å². The number of hydrogen-bond acceptors (Lipinski definition) is 3. The second-order valence-corrected chi connectivity index (χ2v) is 6.10. The van der Waals surface area contributed by atoms with Gasteiger partial charge in [-0.2, -0.15) is 0 Å². The molecule has 0 saturated carbocycles. The third-order valence-corrected chi connectivity index (χ3v) is 4.88. The Morgan fingerprint density at radius 1 is 1.04 bits per heavy atom. The van der Waals surface area contributed by atoms with Gasteiger partial charge < -0.3 is 4.57 Å². The Kier molecular flexibility index (Phi) is 5.68. The van der Waals surface area contributed by atoms with Crippen LogP contribution in [0.2, 0.25) is 0 Å². The van der Waals surface area contributed by atoms with Gasteiger partial charge in [0.25, 0.3) is 0 Å². The molecule has 1 aliphatic rings. The molecule has 3 nitrogen and oxygen atoms in total. The molecule has 23 heavy (non-hydrogen) atoms. The molecule has 0 fully saturated rings. The van der Waals surface area contributed by atoms with Crippen molar-refractivity contribution in [3.8, 4) is 11.3 Å². The smallest absolute Gasteiger partial charge is 0.169 e. The minimum atomic E-state index is -0.197. The predicted octanol–water partition coefficient (Wildman–Crippen LogP) is 4.77. The fourth-order valence-electron chi connectivity index (χ4n) is 2.56. The van der Waals surface area contributed by atoms with Gasteiger partial charge in [-0.15, -0.1) is 24.8 Å². The third-order valence-electron chi connectivity index (χ3n) is 3.63. The molecule has 0 spiro atoms. The number of rotatable bonds is 2. The van der Waals surface area contributed by atoms with Crippen molar-refractivity contribution in [2.45, 2.75) is 17.0 Å². The summed E-state index contributed by atoms with van der Waals surface area (Å²) in [5.41, 5.74) is 3.35. The van der Waals surface area contributed by atoms with Crippen molar-refractivity contribution in [2.75, 3.05) is 0 Å². The second-order valence-electron chi connectivity index (χ2n) is 4.93. The minimum absolute atomic E-state index is 0. The number of nitrogens with zero attached hydrogens (tertiary/aromatic N) is 3. The summed E-state index contributed by atoms with van der Waals surface area (Å²) in [7, 11) is 0. The molecule has 1 atom stereocenters. The van der Waals surface area contributed by atoms with Crippen molar-refractivity contribution in [2.24, 2.45) is 0 Å². The second kappa shape index (κ2) is 7.34. The monoisotopic (exact) mass is 369 g/mol. The highest BCUT2D eigenvalue weighted by Gasteiger charge is 2.27. The number of benzene rings is 1. The van der Waals surface area contributed by atoms with Crippen molar-refractivity contribution >= 4 is 36.6 Å². The molecule has 3 aromatic rings. The molecule has 0 N–H and O–H groups in total. The van der Waals surface area contributed by atoms with Gasteiger partial charge in [0.05, 0.1) is 17.1 Å². The average molecular weight is 370 g/mol. The largest absolute Gasteiger partial charge is 0.317 e. The predicted molar refractivity (Wildman–Crippen MR) is 95.0 cm³/mol. The van der Waals surface area contributed by atoms with E-state index in [0.29, 0.717) is 0 Å².